The summed E-state index contributed by atoms with van der Waals surface area (Å²) in [4.78, 5) is 27.8. The van der Waals surface area contributed by atoms with Gasteiger partial charge in [0, 0.05) is 29.3 Å². The average molecular weight is 423 g/mol. The van der Waals surface area contributed by atoms with Gasteiger partial charge in [-0.25, -0.2) is 4.39 Å². The van der Waals surface area contributed by atoms with Gasteiger partial charge < -0.3 is 11.1 Å². The highest BCUT2D eigenvalue weighted by atomic mass is 19.1. The molecule has 0 aliphatic carbocycles. The zero-order chi connectivity index (χ0) is 22.7. The summed E-state index contributed by atoms with van der Waals surface area (Å²) in [6.45, 7) is 5.79. The van der Waals surface area contributed by atoms with Crippen LogP contribution in [-0.2, 0) is 4.79 Å². The van der Waals surface area contributed by atoms with Crippen LogP contribution >= 0.6 is 0 Å². The minimum Gasteiger partial charge on any atom is -0.402 e. The lowest BCUT2D eigenvalue weighted by Crippen LogP contribution is -2.59. The lowest BCUT2D eigenvalue weighted by Gasteiger charge is -2.41. The first-order valence-corrected chi connectivity index (χ1v) is 10.2. The van der Waals surface area contributed by atoms with Crippen molar-refractivity contribution in [2.24, 2.45) is 5.73 Å². The number of benzene rings is 2. The first-order valence-electron chi connectivity index (χ1n) is 10.2. The number of rotatable bonds is 5. The molecule has 0 aromatic heterocycles. The van der Waals surface area contributed by atoms with E-state index in [1.54, 1.807) is 37.3 Å². The van der Waals surface area contributed by atoms with Crippen molar-refractivity contribution in [2.45, 2.75) is 39.2 Å². The molecule has 2 amide bonds. The molecule has 7 heteroatoms. The quantitative estimate of drug-likeness (QED) is 0.688. The van der Waals surface area contributed by atoms with Gasteiger partial charge in [0.15, 0.2) is 0 Å². The summed E-state index contributed by atoms with van der Waals surface area (Å²) in [5, 5.41) is 11.5. The van der Waals surface area contributed by atoms with Gasteiger partial charge in [-0.2, -0.15) is 0 Å². The molecule has 4 N–H and O–H groups in total. The number of hydrogen-bond donors (Lipinski definition) is 3. The van der Waals surface area contributed by atoms with Crippen LogP contribution in [0, 0.1) is 18.2 Å². The number of halogens is 1. The Labute approximate surface area is 181 Å². The molecule has 31 heavy (non-hydrogen) atoms. The number of piperidine rings is 1. The number of aryl methyl sites for hydroxylation is 1. The van der Waals surface area contributed by atoms with Crippen LogP contribution in [0.5, 0.6) is 0 Å². The number of nitrogens with one attached hydrogen (secondary N) is 2. The summed E-state index contributed by atoms with van der Waals surface area (Å²) < 4.78 is 13.6. The Balaban J connectivity index is 2.10. The first kappa shape index (κ1) is 22.2. The van der Waals surface area contributed by atoms with Crippen LogP contribution in [0.3, 0.4) is 0 Å². The van der Waals surface area contributed by atoms with E-state index in [1.165, 1.54) is 17.0 Å². The number of amidine groups is 1. The molecule has 0 saturated carbocycles. The minimum atomic E-state index is -0.979. The molecule has 162 valence electrons. The van der Waals surface area contributed by atoms with Gasteiger partial charge >= 0.3 is 0 Å². The molecule has 1 saturated heterocycles. The van der Waals surface area contributed by atoms with Gasteiger partial charge in [0.25, 0.3) is 11.8 Å². The predicted octanol–water partition coefficient (Wildman–Crippen LogP) is 3.48. The Bertz CT molecular complexity index is 1040. The van der Waals surface area contributed by atoms with E-state index in [0.29, 0.717) is 35.4 Å². The van der Waals surface area contributed by atoms with Crippen LogP contribution in [-0.4, -0.2) is 35.1 Å². The summed E-state index contributed by atoms with van der Waals surface area (Å²) in [5.74, 6) is -1.88. The topological polar surface area (TPSA) is 99.3 Å². The summed E-state index contributed by atoms with van der Waals surface area (Å²) in [5.41, 5.74) is 8.94. The normalized spacial score (nSPS) is 20.6. The third kappa shape index (κ3) is 4.50. The number of nitrogens with two attached hydrogens (primary N) is 1. The smallest absolute Gasteiger partial charge is 0.251 e. The molecular weight excluding hydrogens is 395 g/mol. The molecule has 0 spiro atoms. The molecule has 0 bridgehead atoms. The molecule has 1 fully saturated rings. The second kappa shape index (κ2) is 9.12. The maximum Gasteiger partial charge on any atom is 0.251 e. The molecule has 2 aromatic carbocycles. The number of carbonyl (C=O) groups is 2. The van der Waals surface area contributed by atoms with Crippen molar-refractivity contribution in [3.63, 3.8) is 0 Å². The zero-order valence-corrected chi connectivity index (χ0v) is 17.9. The third-order valence-electron chi connectivity index (χ3n) is 5.37. The number of hydrogen-bond acceptors (Lipinski definition) is 4. The van der Waals surface area contributed by atoms with Crippen LogP contribution in [0.2, 0.25) is 0 Å². The molecule has 0 unspecified atom stereocenters. The van der Waals surface area contributed by atoms with Crippen LogP contribution in [0.1, 0.15) is 47.7 Å². The highest BCUT2D eigenvalue weighted by Crippen LogP contribution is 2.36. The van der Waals surface area contributed by atoms with Crippen LogP contribution in [0.25, 0.3) is 0 Å². The Kier molecular flexibility index (Phi) is 6.53. The van der Waals surface area contributed by atoms with E-state index in [1.807, 2.05) is 19.9 Å². The van der Waals surface area contributed by atoms with E-state index in [2.05, 4.69) is 5.32 Å². The number of amides is 2. The molecule has 2 atom stereocenters. The molecule has 6 nitrogen and oxygen atoms in total. The van der Waals surface area contributed by atoms with Gasteiger partial charge in [-0.3, -0.25) is 19.9 Å². The molecule has 1 heterocycles. The summed E-state index contributed by atoms with van der Waals surface area (Å²) in [6, 6.07) is 11.8. The monoisotopic (exact) mass is 422 g/mol. The maximum absolute atomic E-state index is 13.6. The fraction of sp³-hybridized carbons (Fsp3) is 0.292. The van der Waals surface area contributed by atoms with Gasteiger partial charge in [-0.15, -0.1) is 0 Å². The molecule has 2 aromatic rings. The van der Waals surface area contributed by atoms with E-state index < -0.39 is 23.7 Å². The molecular formula is C24H27FN4O2. The number of allylic oxidation sites excluding steroid dienone is 1. The predicted molar refractivity (Wildman–Crippen MR) is 118 cm³/mol. The van der Waals surface area contributed by atoms with Crippen molar-refractivity contribution in [1.29, 1.82) is 5.41 Å². The fourth-order valence-electron chi connectivity index (χ4n) is 3.94. The lowest BCUT2D eigenvalue weighted by molar-refractivity contribution is -0.130. The Morgan fingerprint density at radius 3 is 2.48 bits per heavy atom. The van der Waals surface area contributed by atoms with Gasteiger partial charge in [-0.05, 0) is 50.1 Å². The third-order valence-corrected chi connectivity index (χ3v) is 5.37. The van der Waals surface area contributed by atoms with Crippen LogP contribution < -0.4 is 11.1 Å². The van der Waals surface area contributed by atoms with Crippen molar-refractivity contribution in [2.75, 3.05) is 6.54 Å². The number of nitrogens with zero attached hydrogens (tertiary/aromatic N) is 1. The largest absolute Gasteiger partial charge is 0.402 e. The van der Waals surface area contributed by atoms with Crippen molar-refractivity contribution >= 4 is 17.6 Å². The Hall–Kier alpha value is -3.48. The second-order valence-corrected chi connectivity index (χ2v) is 7.79. The van der Waals surface area contributed by atoms with Crippen molar-refractivity contribution in [3.8, 4) is 0 Å². The van der Waals surface area contributed by atoms with Crippen molar-refractivity contribution in [1.82, 2.24) is 10.2 Å². The maximum atomic E-state index is 13.6. The Morgan fingerprint density at radius 2 is 1.90 bits per heavy atom. The van der Waals surface area contributed by atoms with Crippen molar-refractivity contribution in [3.05, 3.63) is 82.3 Å². The standard InChI is InChI=1S/C24H27FN4O2/c1-4-12-29-22(27)19(15(3)26)20(16-8-10-18(25)11-9-16)21(24(29)31)28-23(30)17-7-5-6-14(2)13-17/h5-11,13,20-21,27H,4,12,26H2,1-3H3,(H,28,30)/t20-,21-/m0/s1. The van der Waals surface area contributed by atoms with E-state index in [9.17, 15) is 14.0 Å². The molecule has 0 radical (unpaired) electrons. The van der Waals surface area contributed by atoms with E-state index >= 15 is 0 Å². The van der Waals surface area contributed by atoms with E-state index in [0.717, 1.165) is 5.56 Å². The highest BCUT2D eigenvalue weighted by Gasteiger charge is 2.45. The zero-order valence-electron chi connectivity index (χ0n) is 17.9. The average Bonchev–Trinajstić information content (AvgIpc) is 2.73. The second-order valence-electron chi connectivity index (χ2n) is 7.79. The highest BCUT2D eigenvalue weighted by molar-refractivity contribution is 6.13. The molecule has 3 rings (SSSR count). The van der Waals surface area contributed by atoms with Gasteiger partial charge in [-0.1, -0.05) is 36.8 Å². The van der Waals surface area contributed by atoms with E-state index in [-0.39, 0.29) is 11.7 Å². The van der Waals surface area contributed by atoms with Gasteiger partial charge in [0.2, 0.25) is 0 Å². The molecule has 1 aliphatic rings. The van der Waals surface area contributed by atoms with Gasteiger partial charge in [0.1, 0.15) is 17.7 Å². The van der Waals surface area contributed by atoms with Crippen molar-refractivity contribution < 1.29 is 14.0 Å². The Morgan fingerprint density at radius 1 is 1.23 bits per heavy atom. The first-order chi connectivity index (χ1) is 14.7. The van der Waals surface area contributed by atoms with Gasteiger partial charge in [0.05, 0.1) is 0 Å². The minimum absolute atomic E-state index is 0.0160. The summed E-state index contributed by atoms with van der Waals surface area (Å²) >= 11 is 0. The number of carbonyl (C=O) groups excluding carboxylic acids is 2. The fourth-order valence-corrected chi connectivity index (χ4v) is 3.94. The van der Waals surface area contributed by atoms with Crippen LogP contribution in [0.4, 0.5) is 4.39 Å². The lowest BCUT2D eigenvalue weighted by atomic mass is 9.79. The van der Waals surface area contributed by atoms with Crippen LogP contribution in [0.15, 0.2) is 59.8 Å². The van der Waals surface area contributed by atoms with E-state index in [4.69, 9.17) is 11.1 Å². The summed E-state index contributed by atoms with van der Waals surface area (Å²) in [7, 11) is 0. The molecule has 1 aliphatic heterocycles. The summed E-state index contributed by atoms with van der Waals surface area (Å²) in [6.07, 6.45) is 0.644. The number of likely N-dealkylation sites (tertiary alicyclic amines) is 1. The SMILES string of the molecule is CCCN1C(=N)C(=C(C)N)[C@H](c2ccc(F)cc2)[C@H](NC(=O)c2cccc(C)c2)C1=O.